The Morgan fingerprint density at radius 2 is 1.66 bits per heavy atom. The van der Waals surface area contributed by atoms with Gasteiger partial charge in [0.25, 0.3) is 0 Å². The minimum absolute atomic E-state index is 0.0130. The molecule has 0 bridgehead atoms. The number of nitrogens with zero attached hydrogens (tertiary/aromatic N) is 4. The van der Waals surface area contributed by atoms with Gasteiger partial charge in [0.05, 0.1) is 0 Å². The van der Waals surface area contributed by atoms with E-state index >= 15 is 0 Å². The van der Waals surface area contributed by atoms with Gasteiger partial charge >= 0.3 is 6.18 Å². The van der Waals surface area contributed by atoms with Gasteiger partial charge in [-0.1, -0.05) is 0 Å². The highest BCUT2D eigenvalue weighted by Crippen LogP contribution is 2.33. The maximum Gasteiger partial charge on any atom is 0.435 e. The number of halogens is 4. The fourth-order valence-electron chi connectivity index (χ4n) is 3.33. The number of amidine groups is 1. The van der Waals surface area contributed by atoms with Crippen LogP contribution in [0.1, 0.15) is 22.5 Å². The molecule has 1 aliphatic heterocycles. The van der Waals surface area contributed by atoms with Crippen LogP contribution in [0.25, 0.3) is 0 Å². The summed E-state index contributed by atoms with van der Waals surface area (Å²) >= 11 is 0. The molecule has 2 heterocycles. The smallest absolute Gasteiger partial charge is 0.353 e. The summed E-state index contributed by atoms with van der Waals surface area (Å²) in [5.74, 6) is -0.393. The van der Waals surface area contributed by atoms with Gasteiger partial charge in [-0.05, 0) is 31.2 Å². The number of benzene rings is 1. The minimum atomic E-state index is -4.50. The average Bonchev–Trinajstić information content (AvgIpc) is 2.97. The van der Waals surface area contributed by atoms with Crippen LogP contribution in [0.3, 0.4) is 0 Å². The monoisotopic (exact) mass is 410 g/mol. The van der Waals surface area contributed by atoms with Crippen molar-refractivity contribution in [1.82, 2.24) is 19.6 Å². The van der Waals surface area contributed by atoms with Crippen molar-refractivity contribution in [3.63, 3.8) is 0 Å². The Morgan fingerprint density at radius 3 is 2.21 bits per heavy atom. The number of hydrogen-bond acceptors (Lipinski definition) is 4. The summed E-state index contributed by atoms with van der Waals surface area (Å²) in [4.78, 5) is 3.60. The zero-order chi connectivity index (χ0) is 21.3. The number of rotatable bonds is 4. The van der Waals surface area contributed by atoms with Gasteiger partial charge in [0, 0.05) is 56.6 Å². The van der Waals surface area contributed by atoms with E-state index < -0.39 is 17.7 Å². The number of nitrogens with one attached hydrogen (secondary N) is 2. The molecule has 0 amide bonds. The molecule has 0 radical (unpaired) electrons. The molecule has 0 atom stereocenters. The topological polar surface area (TPSA) is 72.0 Å². The molecule has 2 N–H and O–H groups in total. The lowest BCUT2D eigenvalue weighted by atomic mass is 10.1. The van der Waals surface area contributed by atoms with E-state index in [9.17, 15) is 17.6 Å². The Balaban J connectivity index is 1.63. The second kappa shape index (κ2) is 7.94. The van der Waals surface area contributed by atoms with Crippen LogP contribution in [0.4, 0.5) is 17.6 Å². The fourth-order valence-corrected chi connectivity index (χ4v) is 3.33. The van der Waals surface area contributed by atoms with Crippen molar-refractivity contribution in [2.75, 3.05) is 26.2 Å². The van der Waals surface area contributed by atoms with Crippen molar-refractivity contribution < 1.29 is 17.6 Å². The third-order valence-corrected chi connectivity index (χ3v) is 5.17. The standard InChI is InChI=1S/C19H22F4N6/c1-12-15(17(19(21,22)23)26-27(12)2)11-28-7-9-29(10-8-28)18(25)16(24)13-3-5-14(20)6-4-13/h3-6,24-25H,7-11H2,1-2H3. The summed E-state index contributed by atoms with van der Waals surface area (Å²) in [5.41, 5.74) is 0.222. The molecule has 1 saturated heterocycles. The summed E-state index contributed by atoms with van der Waals surface area (Å²) in [7, 11) is 1.49. The third-order valence-electron chi connectivity index (χ3n) is 5.17. The van der Waals surface area contributed by atoms with Gasteiger partial charge in [-0.3, -0.25) is 20.4 Å². The molecular weight excluding hydrogens is 388 g/mol. The number of hydrogen-bond donors (Lipinski definition) is 2. The molecule has 0 saturated carbocycles. The average molecular weight is 410 g/mol. The van der Waals surface area contributed by atoms with Crippen molar-refractivity contribution in [3.05, 3.63) is 52.6 Å². The van der Waals surface area contributed by atoms with E-state index in [0.29, 0.717) is 37.4 Å². The van der Waals surface area contributed by atoms with Crippen molar-refractivity contribution in [2.45, 2.75) is 19.6 Å². The highest BCUT2D eigenvalue weighted by molar-refractivity contribution is 6.45. The van der Waals surface area contributed by atoms with Crippen LogP contribution in [-0.2, 0) is 19.8 Å². The molecule has 29 heavy (non-hydrogen) atoms. The summed E-state index contributed by atoms with van der Waals surface area (Å²) in [6, 6.07) is 5.38. The first-order chi connectivity index (χ1) is 13.6. The van der Waals surface area contributed by atoms with Gasteiger partial charge < -0.3 is 4.90 Å². The van der Waals surface area contributed by atoms with Gasteiger partial charge in [-0.25, -0.2) is 4.39 Å². The van der Waals surface area contributed by atoms with Crippen LogP contribution < -0.4 is 0 Å². The van der Waals surface area contributed by atoms with E-state index in [0.717, 1.165) is 0 Å². The summed E-state index contributed by atoms with van der Waals surface area (Å²) in [6.07, 6.45) is -4.50. The second-order valence-corrected chi connectivity index (χ2v) is 7.03. The van der Waals surface area contributed by atoms with Crippen LogP contribution >= 0.6 is 0 Å². The Morgan fingerprint density at radius 1 is 1.07 bits per heavy atom. The van der Waals surface area contributed by atoms with Crippen molar-refractivity contribution >= 4 is 11.5 Å². The molecule has 156 valence electrons. The Hall–Kier alpha value is -2.75. The highest BCUT2D eigenvalue weighted by Gasteiger charge is 2.38. The molecular formula is C19H22F4N6. The van der Waals surface area contributed by atoms with E-state index in [1.807, 2.05) is 4.90 Å². The maximum atomic E-state index is 13.3. The predicted molar refractivity (Wildman–Crippen MR) is 101 cm³/mol. The zero-order valence-corrected chi connectivity index (χ0v) is 16.1. The maximum absolute atomic E-state index is 13.3. The summed E-state index contributed by atoms with van der Waals surface area (Å²) in [5, 5.41) is 20.0. The number of aromatic nitrogens is 2. The van der Waals surface area contributed by atoms with Gasteiger partial charge in [-0.15, -0.1) is 0 Å². The number of piperazine rings is 1. The first kappa shape index (κ1) is 21.0. The summed E-state index contributed by atoms with van der Waals surface area (Å²) in [6.45, 7) is 3.51. The highest BCUT2D eigenvalue weighted by atomic mass is 19.4. The largest absolute Gasteiger partial charge is 0.435 e. The quantitative estimate of drug-likeness (QED) is 0.462. The van der Waals surface area contributed by atoms with E-state index in [2.05, 4.69) is 5.10 Å². The molecule has 2 aromatic rings. The van der Waals surface area contributed by atoms with Crippen LogP contribution in [0.5, 0.6) is 0 Å². The Kier molecular flexibility index (Phi) is 5.74. The van der Waals surface area contributed by atoms with Crippen molar-refractivity contribution in [2.24, 2.45) is 7.05 Å². The fraction of sp³-hybridized carbons (Fsp3) is 0.421. The van der Waals surface area contributed by atoms with E-state index in [1.54, 1.807) is 11.8 Å². The van der Waals surface area contributed by atoms with Crippen LogP contribution in [0.2, 0.25) is 0 Å². The third kappa shape index (κ3) is 4.47. The Bertz CT molecular complexity index is 908. The molecule has 10 heteroatoms. The lowest BCUT2D eigenvalue weighted by molar-refractivity contribution is -0.142. The van der Waals surface area contributed by atoms with Crippen LogP contribution in [0.15, 0.2) is 24.3 Å². The lowest BCUT2D eigenvalue weighted by Crippen LogP contribution is -2.50. The second-order valence-electron chi connectivity index (χ2n) is 7.03. The van der Waals surface area contributed by atoms with Crippen LogP contribution in [0, 0.1) is 23.6 Å². The molecule has 0 aliphatic carbocycles. The van der Waals surface area contributed by atoms with E-state index in [1.165, 1.54) is 36.0 Å². The van der Waals surface area contributed by atoms with Crippen LogP contribution in [-0.4, -0.2) is 57.3 Å². The minimum Gasteiger partial charge on any atom is -0.353 e. The van der Waals surface area contributed by atoms with Gasteiger partial charge in [0.15, 0.2) is 5.69 Å². The van der Waals surface area contributed by atoms with E-state index in [-0.39, 0.29) is 23.7 Å². The number of aryl methyl sites for hydroxylation is 1. The Labute approximate surface area is 165 Å². The normalized spacial score (nSPS) is 15.6. The molecule has 1 fully saturated rings. The molecule has 1 aromatic carbocycles. The van der Waals surface area contributed by atoms with Gasteiger partial charge in [-0.2, -0.15) is 18.3 Å². The SMILES string of the molecule is Cc1c(CN2CCN(C(=N)C(=N)c3ccc(F)cc3)CC2)c(C(F)(F)F)nn1C. The molecule has 6 nitrogen and oxygen atoms in total. The van der Waals surface area contributed by atoms with Gasteiger partial charge in [0.1, 0.15) is 17.4 Å². The number of alkyl halides is 3. The molecule has 1 aliphatic rings. The van der Waals surface area contributed by atoms with Crippen molar-refractivity contribution in [3.8, 4) is 0 Å². The molecule has 0 spiro atoms. The van der Waals surface area contributed by atoms with E-state index in [4.69, 9.17) is 10.8 Å². The lowest BCUT2D eigenvalue weighted by Gasteiger charge is -2.36. The summed E-state index contributed by atoms with van der Waals surface area (Å²) < 4.78 is 54.1. The zero-order valence-electron chi connectivity index (χ0n) is 16.1. The predicted octanol–water partition coefficient (Wildman–Crippen LogP) is 3.05. The molecule has 1 aromatic heterocycles. The molecule has 3 rings (SSSR count). The van der Waals surface area contributed by atoms with Gasteiger partial charge in [0.2, 0.25) is 0 Å². The van der Waals surface area contributed by atoms with Crippen molar-refractivity contribution in [1.29, 1.82) is 10.8 Å². The first-order valence-electron chi connectivity index (χ1n) is 9.08. The molecule has 0 unspecified atom stereocenters. The first-order valence-corrected chi connectivity index (χ1v) is 9.08.